The molecule has 2 aliphatic rings. The lowest BCUT2D eigenvalue weighted by Crippen LogP contribution is -2.45. The summed E-state index contributed by atoms with van der Waals surface area (Å²) in [4.78, 5) is 15.6. The van der Waals surface area contributed by atoms with Gasteiger partial charge in [-0.25, -0.2) is 4.39 Å². The van der Waals surface area contributed by atoms with E-state index in [2.05, 4.69) is 33.0 Å². The Balaban J connectivity index is 1.21. The van der Waals surface area contributed by atoms with E-state index in [0.717, 1.165) is 40.7 Å². The highest BCUT2D eigenvalue weighted by Crippen LogP contribution is 2.38. The van der Waals surface area contributed by atoms with Gasteiger partial charge in [0.2, 0.25) is 5.82 Å². The summed E-state index contributed by atoms with van der Waals surface area (Å²) in [5.74, 6) is -0.713. The number of aliphatic carboxylic acids is 1. The molecule has 0 saturated heterocycles. The first kappa shape index (κ1) is 23.1. The van der Waals surface area contributed by atoms with E-state index < -0.39 is 5.97 Å². The summed E-state index contributed by atoms with van der Waals surface area (Å²) in [6.45, 7) is 3.99. The minimum atomic E-state index is -0.701. The molecule has 0 bridgehead atoms. The standard InChI is InChI=1S/C28H26FN3O3S/c1-14-7-22(24(29)11-21(14)23-13-36-12-15(23)2)27-31-26(32-35-27)17-3-5-20-16(8-17)4-6-25(20)30-19-9-18(10-19)28(33)34/h3,5,7-8,11-13,18-19,25,30H,4,6,9-10H2,1-2H3,(H,33,34). The van der Waals surface area contributed by atoms with E-state index in [0.29, 0.717) is 24.2 Å². The molecule has 184 valence electrons. The Bertz CT molecular complexity index is 1470. The number of halogens is 1. The SMILES string of the molecule is Cc1cscc1-c1cc(F)c(-c2nc(-c3ccc4c(c3)CCC4NC3CC(C(=O)O)C3)no2)cc1C. The second kappa shape index (κ2) is 8.94. The van der Waals surface area contributed by atoms with Gasteiger partial charge in [0, 0.05) is 17.6 Å². The van der Waals surface area contributed by atoms with Crippen molar-refractivity contribution in [3.63, 3.8) is 0 Å². The summed E-state index contributed by atoms with van der Waals surface area (Å²) >= 11 is 1.60. The fourth-order valence-electron chi connectivity index (χ4n) is 5.39. The van der Waals surface area contributed by atoms with Crippen molar-refractivity contribution in [2.75, 3.05) is 0 Å². The molecule has 0 aliphatic heterocycles. The number of aromatic nitrogens is 2. The Labute approximate surface area is 212 Å². The number of nitrogens with zero attached hydrogens (tertiary/aromatic N) is 2. The van der Waals surface area contributed by atoms with Crippen LogP contribution in [-0.4, -0.2) is 27.3 Å². The number of aryl methyl sites for hydroxylation is 3. The summed E-state index contributed by atoms with van der Waals surface area (Å²) in [6.07, 6.45) is 3.28. The van der Waals surface area contributed by atoms with E-state index in [4.69, 9.17) is 9.63 Å². The summed E-state index contributed by atoms with van der Waals surface area (Å²) in [5.41, 5.74) is 7.59. The van der Waals surface area contributed by atoms with Gasteiger partial charge in [-0.3, -0.25) is 4.79 Å². The van der Waals surface area contributed by atoms with Gasteiger partial charge in [0.05, 0.1) is 11.5 Å². The average molecular weight is 504 g/mol. The summed E-state index contributed by atoms with van der Waals surface area (Å²) in [6, 6.07) is 9.95. The summed E-state index contributed by atoms with van der Waals surface area (Å²) in [7, 11) is 0. The normalized spacial score (nSPS) is 20.8. The van der Waals surface area contributed by atoms with Crippen molar-refractivity contribution in [1.29, 1.82) is 0 Å². The zero-order chi connectivity index (χ0) is 25.0. The number of hydrogen-bond acceptors (Lipinski definition) is 6. The average Bonchev–Trinajstić information content (AvgIpc) is 3.56. The molecule has 2 aliphatic carbocycles. The van der Waals surface area contributed by atoms with E-state index in [1.54, 1.807) is 23.5 Å². The number of carboxylic acid groups (broad SMARTS) is 1. The van der Waals surface area contributed by atoms with E-state index in [1.807, 2.05) is 25.3 Å². The van der Waals surface area contributed by atoms with Crippen molar-refractivity contribution in [2.24, 2.45) is 5.92 Å². The van der Waals surface area contributed by atoms with Crippen LogP contribution in [0.4, 0.5) is 4.39 Å². The molecule has 0 spiro atoms. The first-order valence-corrected chi connectivity index (χ1v) is 13.1. The highest BCUT2D eigenvalue weighted by Gasteiger charge is 2.36. The van der Waals surface area contributed by atoms with Crippen LogP contribution in [0.5, 0.6) is 0 Å². The van der Waals surface area contributed by atoms with Crippen LogP contribution in [0, 0.1) is 25.6 Å². The Hall–Kier alpha value is -3.36. The minimum absolute atomic E-state index is 0.164. The molecule has 2 heterocycles. The number of thiophene rings is 1. The van der Waals surface area contributed by atoms with Gasteiger partial charge in [0.15, 0.2) is 0 Å². The van der Waals surface area contributed by atoms with Crippen molar-refractivity contribution < 1.29 is 18.8 Å². The number of carboxylic acids is 1. The molecule has 8 heteroatoms. The lowest BCUT2D eigenvalue weighted by Gasteiger charge is -2.35. The van der Waals surface area contributed by atoms with Gasteiger partial charge in [0.1, 0.15) is 5.82 Å². The highest BCUT2D eigenvalue weighted by atomic mass is 32.1. The molecule has 2 N–H and O–H groups in total. The van der Waals surface area contributed by atoms with Gasteiger partial charge in [-0.15, -0.1) is 0 Å². The van der Waals surface area contributed by atoms with Crippen LogP contribution in [0.3, 0.4) is 0 Å². The summed E-state index contributed by atoms with van der Waals surface area (Å²) < 4.78 is 20.6. The van der Waals surface area contributed by atoms with E-state index in [-0.39, 0.29) is 29.7 Å². The van der Waals surface area contributed by atoms with Crippen LogP contribution in [0.25, 0.3) is 34.0 Å². The Morgan fingerprint density at radius 3 is 2.69 bits per heavy atom. The molecular formula is C28H26FN3O3S. The zero-order valence-electron chi connectivity index (χ0n) is 20.0. The van der Waals surface area contributed by atoms with Gasteiger partial charge >= 0.3 is 5.97 Å². The second-order valence-electron chi connectivity index (χ2n) is 9.91. The maximum Gasteiger partial charge on any atom is 0.306 e. The van der Waals surface area contributed by atoms with Crippen molar-refractivity contribution in [3.8, 4) is 34.0 Å². The molecule has 2 aromatic heterocycles. The van der Waals surface area contributed by atoms with Crippen molar-refractivity contribution in [3.05, 3.63) is 69.2 Å². The van der Waals surface area contributed by atoms with Crippen molar-refractivity contribution in [1.82, 2.24) is 15.5 Å². The molecular weight excluding hydrogens is 477 g/mol. The molecule has 6 nitrogen and oxygen atoms in total. The lowest BCUT2D eigenvalue weighted by atomic mass is 9.80. The predicted molar refractivity (Wildman–Crippen MR) is 136 cm³/mol. The van der Waals surface area contributed by atoms with Crippen molar-refractivity contribution >= 4 is 17.3 Å². The Morgan fingerprint density at radius 1 is 1.11 bits per heavy atom. The zero-order valence-corrected chi connectivity index (χ0v) is 20.9. The number of rotatable bonds is 6. The topological polar surface area (TPSA) is 88.2 Å². The number of hydrogen-bond donors (Lipinski definition) is 2. The number of benzene rings is 2. The van der Waals surface area contributed by atoms with Crippen LogP contribution >= 0.6 is 11.3 Å². The van der Waals surface area contributed by atoms with Gasteiger partial charge in [-0.1, -0.05) is 17.3 Å². The smallest absolute Gasteiger partial charge is 0.306 e. The molecule has 36 heavy (non-hydrogen) atoms. The maximum absolute atomic E-state index is 15.1. The van der Waals surface area contributed by atoms with Crippen LogP contribution in [0.15, 0.2) is 45.6 Å². The predicted octanol–water partition coefficient (Wildman–Crippen LogP) is 6.33. The van der Waals surface area contributed by atoms with E-state index >= 15 is 4.39 Å². The third-order valence-electron chi connectivity index (χ3n) is 7.52. The van der Waals surface area contributed by atoms with Gasteiger partial charge in [-0.2, -0.15) is 16.3 Å². The quantitative estimate of drug-likeness (QED) is 0.320. The molecule has 2 aromatic carbocycles. The van der Waals surface area contributed by atoms with Crippen LogP contribution < -0.4 is 5.32 Å². The Morgan fingerprint density at radius 2 is 1.94 bits per heavy atom. The minimum Gasteiger partial charge on any atom is -0.481 e. The van der Waals surface area contributed by atoms with Gasteiger partial charge in [-0.05, 0) is 102 Å². The van der Waals surface area contributed by atoms with E-state index in [1.165, 1.54) is 11.1 Å². The maximum atomic E-state index is 15.1. The molecule has 1 atom stereocenters. The first-order chi connectivity index (χ1) is 17.4. The Kier molecular flexibility index (Phi) is 5.73. The summed E-state index contributed by atoms with van der Waals surface area (Å²) in [5, 5.41) is 21.0. The van der Waals surface area contributed by atoms with Crippen molar-refractivity contribution in [2.45, 2.75) is 51.6 Å². The van der Waals surface area contributed by atoms with E-state index in [9.17, 15) is 4.79 Å². The number of carbonyl (C=O) groups is 1. The fraction of sp³-hybridized carbons (Fsp3) is 0.321. The first-order valence-electron chi connectivity index (χ1n) is 12.2. The lowest BCUT2D eigenvalue weighted by molar-refractivity contribution is -0.145. The molecule has 1 unspecified atom stereocenters. The third kappa shape index (κ3) is 4.04. The fourth-order valence-corrected chi connectivity index (χ4v) is 6.24. The largest absolute Gasteiger partial charge is 0.481 e. The van der Waals surface area contributed by atoms with Crippen LogP contribution in [0.2, 0.25) is 0 Å². The highest BCUT2D eigenvalue weighted by molar-refractivity contribution is 7.08. The van der Waals surface area contributed by atoms with Crippen LogP contribution in [0.1, 0.15) is 47.6 Å². The third-order valence-corrected chi connectivity index (χ3v) is 8.38. The molecule has 4 aromatic rings. The number of nitrogens with one attached hydrogen (secondary N) is 1. The molecule has 0 amide bonds. The molecule has 6 rings (SSSR count). The molecule has 1 fully saturated rings. The van der Waals surface area contributed by atoms with Gasteiger partial charge in [0.25, 0.3) is 5.89 Å². The monoisotopic (exact) mass is 503 g/mol. The molecule has 1 saturated carbocycles. The second-order valence-corrected chi connectivity index (χ2v) is 10.7. The van der Waals surface area contributed by atoms with Crippen LogP contribution in [-0.2, 0) is 11.2 Å². The number of fused-ring (bicyclic) bond motifs is 1. The van der Waals surface area contributed by atoms with Gasteiger partial charge < -0.3 is 14.9 Å². The molecule has 0 radical (unpaired) electrons.